The van der Waals surface area contributed by atoms with E-state index in [1.807, 2.05) is 24.1 Å². The highest BCUT2D eigenvalue weighted by Gasteiger charge is 2.07. The Morgan fingerprint density at radius 1 is 1.43 bits per heavy atom. The van der Waals surface area contributed by atoms with Crippen molar-refractivity contribution in [3.05, 3.63) is 42.7 Å². The summed E-state index contributed by atoms with van der Waals surface area (Å²) < 4.78 is 4.16. The fourth-order valence-electron chi connectivity index (χ4n) is 2.08. The van der Waals surface area contributed by atoms with E-state index >= 15 is 0 Å². The molecule has 0 aliphatic heterocycles. The predicted molar refractivity (Wildman–Crippen MR) is 95.9 cm³/mol. The highest BCUT2D eigenvalue weighted by molar-refractivity contribution is 14.0. The minimum Gasteiger partial charge on any atom is -0.354 e. The van der Waals surface area contributed by atoms with Gasteiger partial charge in [0.05, 0.1) is 12.9 Å². The van der Waals surface area contributed by atoms with Crippen LogP contribution in [0.3, 0.4) is 0 Å². The maximum absolute atomic E-state index is 4.31. The highest BCUT2D eigenvalue weighted by atomic mass is 127. The Morgan fingerprint density at radius 2 is 2.24 bits per heavy atom. The number of aryl methyl sites for hydroxylation is 1. The number of hydrogen-bond donors (Lipinski definition) is 1. The monoisotopic (exact) mass is 402 g/mol. The number of nitrogens with zero attached hydrogens (tertiary/aromatic N) is 5. The average molecular weight is 402 g/mol. The Hall–Kier alpha value is -1.51. The van der Waals surface area contributed by atoms with E-state index in [-0.39, 0.29) is 24.0 Å². The first-order valence-electron chi connectivity index (χ1n) is 6.68. The van der Waals surface area contributed by atoms with Crippen molar-refractivity contribution in [1.82, 2.24) is 24.3 Å². The lowest BCUT2D eigenvalue weighted by atomic mass is 10.4. The lowest BCUT2D eigenvalue weighted by molar-refractivity contribution is 0.459. The molecule has 2 aromatic heterocycles. The van der Waals surface area contributed by atoms with Gasteiger partial charge >= 0.3 is 0 Å². The summed E-state index contributed by atoms with van der Waals surface area (Å²) in [6.45, 7) is 2.52. The summed E-state index contributed by atoms with van der Waals surface area (Å²) in [6.07, 6.45) is 7.62. The Bertz CT molecular complexity index is 546. The number of rotatable bonds is 5. The van der Waals surface area contributed by atoms with Crippen molar-refractivity contribution in [3.8, 4) is 0 Å². The normalized spacial score (nSPS) is 11.1. The smallest absolute Gasteiger partial charge is 0.193 e. The minimum atomic E-state index is 0. The second-order valence-electron chi connectivity index (χ2n) is 4.74. The van der Waals surface area contributed by atoms with Gasteiger partial charge in [-0.2, -0.15) is 0 Å². The molecule has 2 aromatic rings. The minimum absolute atomic E-state index is 0. The van der Waals surface area contributed by atoms with Gasteiger partial charge in [-0.3, -0.25) is 4.99 Å². The van der Waals surface area contributed by atoms with Crippen LogP contribution in [0, 0.1) is 0 Å². The van der Waals surface area contributed by atoms with Gasteiger partial charge in [0, 0.05) is 58.5 Å². The summed E-state index contributed by atoms with van der Waals surface area (Å²) in [5, 5.41) is 3.36. The number of guanidine groups is 1. The molecule has 116 valence electrons. The number of aliphatic imine (C=N–C) groups is 1. The molecule has 0 unspecified atom stereocenters. The summed E-state index contributed by atoms with van der Waals surface area (Å²) in [4.78, 5) is 10.5. The van der Waals surface area contributed by atoms with Gasteiger partial charge in [-0.05, 0) is 12.1 Å². The van der Waals surface area contributed by atoms with Crippen molar-refractivity contribution in [2.45, 2.75) is 13.1 Å². The lowest BCUT2D eigenvalue weighted by Crippen LogP contribution is -2.40. The molecule has 21 heavy (non-hydrogen) atoms. The molecule has 0 atom stereocenters. The van der Waals surface area contributed by atoms with Gasteiger partial charge in [0.25, 0.3) is 0 Å². The van der Waals surface area contributed by atoms with Gasteiger partial charge < -0.3 is 19.4 Å². The molecule has 2 heterocycles. The van der Waals surface area contributed by atoms with Crippen molar-refractivity contribution in [2.75, 3.05) is 20.6 Å². The van der Waals surface area contributed by atoms with Crippen molar-refractivity contribution < 1.29 is 0 Å². The van der Waals surface area contributed by atoms with Gasteiger partial charge in [-0.15, -0.1) is 24.0 Å². The molecule has 7 heteroatoms. The van der Waals surface area contributed by atoms with E-state index in [0.29, 0.717) is 0 Å². The first kappa shape index (κ1) is 17.5. The number of aromatic nitrogens is 3. The van der Waals surface area contributed by atoms with E-state index in [1.54, 1.807) is 13.2 Å². The van der Waals surface area contributed by atoms with Crippen LogP contribution in [-0.4, -0.2) is 45.6 Å². The Labute approximate surface area is 142 Å². The SMILES string of the molecule is CN=C(NCCn1ccnc1)N(C)Cc1cccn1C.I. The summed E-state index contributed by atoms with van der Waals surface area (Å²) in [6, 6.07) is 4.17. The lowest BCUT2D eigenvalue weighted by Gasteiger charge is -2.22. The molecule has 0 bridgehead atoms. The van der Waals surface area contributed by atoms with E-state index < -0.39 is 0 Å². The molecule has 0 aromatic carbocycles. The maximum atomic E-state index is 4.31. The number of halogens is 1. The van der Waals surface area contributed by atoms with Crippen LogP contribution >= 0.6 is 24.0 Å². The molecule has 1 N–H and O–H groups in total. The third-order valence-electron chi connectivity index (χ3n) is 3.24. The average Bonchev–Trinajstić information content (AvgIpc) is 3.07. The zero-order valence-corrected chi connectivity index (χ0v) is 15.1. The van der Waals surface area contributed by atoms with E-state index in [4.69, 9.17) is 0 Å². The van der Waals surface area contributed by atoms with Crippen molar-refractivity contribution in [3.63, 3.8) is 0 Å². The third kappa shape index (κ3) is 5.07. The van der Waals surface area contributed by atoms with E-state index in [0.717, 1.165) is 25.6 Å². The third-order valence-corrected chi connectivity index (χ3v) is 3.24. The Kier molecular flexibility index (Phi) is 7.27. The molecule has 0 saturated heterocycles. The molecule has 2 rings (SSSR count). The topological polar surface area (TPSA) is 50.4 Å². The first-order valence-corrected chi connectivity index (χ1v) is 6.68. The molecule has 0 spiro atoms. The molecule has 0 fully saturated rings. The molecule has 0 amide bonds. The van der Waals surface area contributed by atoms with Crippen molar-refractivity contribution >= 4 is 29.9 Å². The number of imidazole rings is 1. The van der Waals surface area contributed by atoms with Crippen LogP contribution in [0.1, 0.15) is 5.69 Å². The molecule has 0 saturated carbocycles. The zero-order valence-electron chi connectivity index (χ0n) is 12.7. The van der Waals surface area contributed by atoms with Crippen molar-refractivity contribution in [1.29, 1.82) is 0 Å². The van der Waals surface area contributed by atoms with Gasteiger partial charge in [0.1, 0.15) is 0 Å². The van der Waals surface area contributed by atoms with Crippen LogP contribution in [0.5, 0.6) is 0 Å². The van der Waals surface area contributed by atoms with Crippen LogP contribution in [0.15, 0.2) is 42.0 Å². The highest BCUT2D eigenvalue weighted by Crippen LogP contribution is 2.03. The Balaban J connectivity index is 0.00000220. The Morgan fingerprint density at radius 3 is 2.81 bits per heavy atom. The van der Waals surface area contributed by atoms with Gasteiger partial charge in [-0.1, -0.05) is 0 Å². The maximum Gasteiger partial charge on any atom is 0.193 e. The molecular weight excluding hydrogens is 379 g/mol. The van der Waals surface area contributed by atoms with Gasteiger partial charge in [0.15, 0.2) is 5.96 Å². The first-order chi connectivity index (χ1) is 9.70. The summed E-state index contributed by atoms with van der Waals surface area (Å²) in [5.74, 6) is 0.895. The summed E-state index contributed by atoms with van der Waals surface area (Å²) in [5.41, 5.74) is 1.25. The van der Waals surface area contributed by atoms with E-state index in [1.165, 1.54) is 5.69 Å². The van der Waals surface area contributed by atoms with E-state index in [9.17, 15) is 0 Å². The van der Waals surface area contributed by atoms with Crippen LogP contribution in [-0.2, 0) is 20.1 Å². The molecule has 0 aliphatic rings. The van der Waals surface area contributed by atoms with Crippen molar-refractivity contribution in [2.24, 2.45) is 12.0 Å². The van der Waals surface area contributed by atoms with Gasteiger partial charge in [0.2, 0.25) is 0 Å². The van der Waals surface area contributed by atoms with Crippen LogP contribution in [0.25, 0.3) is 0 Å². The zero-order chi connectivity index (χ0) is 14.4. The number of nitrogens with one attached hydrogen (secondary N) is 1. The predicted octanol–water partition coefficient (Wildman–Crippen LogP) is 1.55. The molecular formula is C14H23IN6. The fourth-order valence-corrected chi connectivity index (χ4v) is 2.08. The number of hydrogen-bond acceptors (Lipinski definition) is 2. The molecule has 0 aliphatic carbocycles. The van der Waals surface area contributed by atoms with E-state index in [2.05, 4.69) is 50.1 Å². The molecule has 6 nitrogen and oxygen atoms in total. The largest absolute Gasteiger partial charge is 0.354 e. The summed E-state index contributed by atoms with van der Waals surface area (Å²) in [7, 11) is 5.90. The fraction of sp³-hybridized carbons (Fsp3) is 0.429. The summed E-state index contributed by atoms with van der Waals surface area (Å²) >= 11 is 0. The van der Waals surface area contributed by atoms with Crippen LogP contribution in [0.2, 0.25) is 0 Å². The standard InChI is InChI=1S/C14H22N6.HI/c1-15-14(17-7-10-20-9-6-16-12-20)19(3)11-13-5-4-8-18(13)2;/h4-6,8-9,12H,7,10-11H2,1-3H3,(H,15,17);1H. The van der Waals surface area contributed by atoms with Gasteiger partial charge in [-0.25, -0.2) is 4.98 Å². The molecule has 0 radical (unpaired) electrons. The quantitative estimate of drug-likeness (QED) is 0.469. The second kappa shape index (κ2) is 8.71. The second-order valence-corrected chi connectivity index (χ2v) is 4.74. The van der Waals surface area contributed by atoms with Crippen LogP contribution in [0.4, 0.5) is 0 Å². The van der Waals surface area contributed by atoms with Crippen LogP contribution < -0.4 is 5.32 Å².